The summed E-state index contributed by atoms with van der Waals surface area (Å²) in [4.78, 5) is 0. The number of benzene rings is 6. The summed E-state index contributed by atoms with van der Waals surface area (Å²) in [5, 5.41) is 4.57. The molecule has 2 aromatic heterocycles. The minimum Gasteiger partial charge on any atom is -0.390 e. The van der Waals surface area contributed by atoms with Crippen molar-refractivity contribution >= 4 is 83.6 Å². The molecule has 6 aromatic carbocycles. The van der Waals surface area contributed by atoms with Crippen LogP contribution >= 0.6 is 39.7 Å². The van der Waals surface area contributed by atoms with Crippen LogP contribution in [0.3, 0.4) is 0 Å². The highest BCUT2D eigenvalue weighted by molar-refractivity contribution is 7.32. The maximum atomic E-state index is 7.24. The average molecular weight is 740 g/mol. The lowest BCUT2D eigenvalue weighted by atomic mass is 9.95. The second-order valence-corrected chi connectivity index (χ2v) is 14.8. The molecule has 0 amide bonds. The molecule has 8 rings (SSSR count). The minimum atomic E-state index is -1.99. The average Bonchev–Trinajstić information content (AvgIpc) is 3.38. The van der Waals surface area contributed by atoms with Crippen LogP contribution in [0.5, 0.6) is 11.5 Å². The molecule has 0 aliphatic carbocycles. The molecule has 0 spiro atoms. The first-order valence-corrected chi connectivity index (χ1v) is 18.9. The molecule has 0 saturated carbocycles. The van der Waals surface area contributed by atoms with Crippen LogP contribution in [-0.4, -0.2) is 0 Å². The maximum absolute atomic E-state index is 7.24. The molecule has 250 valence electrons. The maximum Gasteiger partial charge on any atom is 0.453 e. The predicted molar refractivity (Wildman–Crippen MR) is 206 cm³/mol. The van der Waals surface area contributed by atoms with E-state index in [1.807, 2.05) is 137 Å². The molecule has 0 saturated heterocycles. The zero-order valence-electron chi connectivity index (χ0n) is 27.5. The van der Waals surface area contributed by atoms with Crippen LogP contribution in [0.15, 0.2) is 126 Å². The highest BCUT2D eigenvalue weighted by atomic mass is 35.5. The highest BCUT2D eigenvalue weighted by Gasteiger charge is 2.27. The number of para-hydroxylation sites is 4. The number of hydrogen-bond acceptors (Lipinski definition) is 6. The largest absolute Gasteiger partial charge is 0.453 e. The summed E-state index contributed by atoms with van der Waals surface area (Å²) in [6.07, 6.45) is 0. The normalized spacial score (nSPS) is 11.4. The van der Waals surface area contributed by atoms with Gasteiger partial charge in [-0.25, -0.2) is 0 Å². The summed E-state index contributed by atoms with van der Waals surface area (Å²) in [5.41, 5.74) is 7.05. The zero-order valence-corrected chi connectivity index (χ0v) is 30.8. The molecule has 10 heteroatoms. The lowest BCUT2D eigenvalue weighted by Crippen LogP contribution is -1.98. The van der Waals surface area contributed by atoms with Crippen molar-refractivity contribution < 1.29 is 25.8 Å². The fraction of sp³-hybridized carbons (Fsp3) is 0.100. The molecule has 2 heterocycles. The van der Waals surface area contributed by atoms with Crippen molar-refractivity contribution in [3.63, 3.8) is 0 Å². The molecule has 8 aromatic rings. The summed E-state index contributed by atoms with van der Waals surface area (Å²) in [7, 11) is -3.99. The van der Waals surface area contributed by atoms with Gasteiger partial charge in [-0.05, 0) is 74.2 Å². The lowest BCUT2D eigenvalue weighted by molar-refractivity contribution is 0.491. The number of rotatable bonds is 5. The number of aryl methyl sites for hydroxylation is 4. The Morgan fingerprint density at radius 2 is 0.700 bits per heavy atom. The standard InChI is InChI=1S/C40H30Cl2O6P2/c1-23-21-25(3)39(47-49-43-31-17-9-5-13-27(31)28-14-6-10-18-32(28)44-49)35(37(23)41)36-38(42)24(2)22-26(4)40(36)48-50-45-33-19-11-7-15-29(33)30-16-8-12-20-34(30)46-50/h5-22H,1-4H3. The third kappa shape index (κ3) is 5.83. The van der Waals surface area contributed by atoms with Crippen LogP contribution in [-0.2, 0) is 0 Å². The second kappa shape index (κ2) is 13.2. The van der Waals surface area contributed by atoms with Gasteiger partial charge in [-0.1, -0.05) is 108 Å². The zero-order chi connectivity index (χ0) is 34.5. The van der Waals surface area contributed by atoms with Crippen LogP contribution in [0.25, 0.3) is 55.0 Å². The van der Waals surface area contributed by atoms with Crippen molar-refractivity contribution in [2.24, 2.45) is 0 Å². The van der Waals surface area contributed by atoms with Crippen LogP contribution < -0.4 is 9.05 Å². The fourth-order valence-electron chi connectivity index (χ4n) is 6.23. The highest BCUT2D eigenvalue weighted by Crippen LogP contribution is 2.54. The van der Waals surface area contributed by atoms with Gasteiger partial charge in [-0.3, -0.25) is 0 Å². The van der Waals surface area contributed by atoms with E-state index in [1.165, 1.54) is 0 Å². The van der Waals surface area contributed by atoms with Gasteiger partial charge in [0, 0.05) is 32.7 Å². The van der Waals surface area contributed by atoms with Crippen molar-refractivity contribution in [1.29, 1.82) is 0 Å². The van der Waals surface area contributed by atoms with Crippen molar-refractivity contribution in [3.8, 4) is 22.6 Å². The predicted octanol–water partition coefficient (Wildman–Crippen LogP) is 14.8. The number of fused-ring (bicyclic) bond motifs is 6. The van der Waals surface area contributed by atoms with Gasteiger partial charge in [0.25, 0.3) is 0 Å². The van der Waals surface area contributed by atoms with Gasteiger partial charge in [-0.15, -0.1) is 0 Å². The van der Waals surface area contributed by atoms with Crippen molar-refractivity contribution in [2.75, 3.05) is 0 Å². The first-order valence-electron chi connectivity index (χ1n) is 15.9. The quantitative estimate of drug-likeness (QED) is 0.175. The van der Waals surface area contributed by atoms with Crippen LogP contribution in [0.2, 0.25) is 10.0 Å². The van der Waals surface area contributed by atoms with Gasteiger partial charge in [0.15, 0.2) is 0 Å². The van der Waals surface area contributed by atoms with Gasteiger partial charge in [-0.2, -0.15) is 0 Å². The van der Waals surface area contributed by atoms with E-state index in [9.17, 15) is 0 Å². The van der Waals surface area contributed by atoms with Crippen LogP contribution in [0.1, 0.15) is 22.3 Å². The van der Waals surface area contributed by atoms with Gasteiger partial charge in [0.2, 0.25) is 0 Å². The molecule has 0 N–H and O–H groups in total. The van der Waals surface area contributed by atoms with E-state index in [2.05, 4.69) is 0 Å². The number of halogens is 2. The van der Waals surface area contributed by atoms with Gasteiger partial charge in [0.05, 0.1) is 10.0 Å². The Morgan fingerprint density at radius 3 is 1.00 bits per heavy atom. The minimum absolute atomic E-state index is 0.458. The Morgan fingerprint density at radius 1 is 0.420 bits per heavy atom. The van der Waals surface area contributed by atoms with Crippen molar-refractivity contribution in [3.05, 3.63) is 141 Å². The number of hydrogen-bond donors (Lipinski definition) is 0. The Kier molecular flexibility index (Phi) is 8.59. The smallest absolute Gasteiger partial charge is 0.390 e. The van der Waals surface area contributed by atoms with E-state index in [0.29, 0.717) is 55.0 Å². The van der Waals surface area contributed by atoms with Crippen LogP contribution in [0.4, 0.5) is 0 Å². The fourth-order valence-corrected chi connectivity index (χ4v) is 8.98. The molecule has 0 radical (unpaired) electrons. The molecule has 0 atom stereocenters. The molecule has 0 bridgehead atoms. The summed E-state index contributed by atoms with van der Waals surface area (Å²) < 4.78 is 39.3. The monoisotopic (exact) mass is 738 g/mol. The van der Waals surface area contributed by atoms with E-state index in [1.54, 1.807) is 0 Å². The van der Waals surface area contributed by atoms with Gasteiger partial charge in [0.1, 0.15) is 33.8 Å². The molecule has 0 unspecified atom stereocenters. The molecule has 0 aliphatic heterocycles. The summed E-state index contributed by atoms with van der Waals surface area (Å²) >= 11 is 14.5. The van der Waals surface area contributed by atoms with E-state index in [0.717, 1.165) is 43.8 Å². The molecule has 0 fully saturated rings. The second-order valence-electron chi connectivity index (χ2n) is 12.0. The summed E-state index contributed by atoms with van der Waals surface area (Å²) in [5.74, 6) is 0.929. The molecule has 0 aliphatic rings. The first-order chi connectivity index (χ1) is 24.3. The Hall–Kier alpha value is -4.70. The SMILES string of the molecule is Cc1cc(C)c(Op2oc3ccccc3c3ccccc3o2)c(-c2c(Cl)c(C)cc(C)c2Op2oc3ccccc3c3ccccc3o2)c1Cl. The van der Waals surface area contributed by atoms with Gasteiger partial charge >= 0.3 is 16.5 Å². The molecule has 6 nitrogen and oxygen atoms in total. The topological polar surface area (TPSA) is 71.0 Å². The van der Waals surface area contributed by atoms with E-state index < -0.39 is 16.5 Å². The first kappa shape index (κ1) is 32.5. The molecule has 50 heavy (non-hydrogen) atoms. The summed E-state index contributed by atoms with van der Waals surface area (Å²) in [6, 6.07) is 35.2. The van der Waals surface area contributed by atoms with Gasteiger partial charge < -0.3 is 25.8 Å². The molecular formula is C40H30Cl2O6P2. The lowest BCUT2D eigenvalue weighted by Gasteiger charge is -2.21. The van der Waals surface area contributed by atoms with E-state index in [-0.39, 0.29) is 0 Å². The van der Waals surface area contributed by atoms with E-state index in [4.69, 9.17) is 49.0 Å². The molecular weight excluding hydrogens is 709 g/mol. The Labute approximate surface area is 300 Å². The van der Waals surface area contributed by atoms with Crippen molar-refractivity contribution in [1.82, 2.24) is 0 Å². The van der Waals surface area contributed by atoms with Crippen LogP contribution in [0, 0.1) is 27.7 Å². The van der Waals surface area contributed by atoms with E-state index >= 15 is 0 Å². The van der Waals surface area contributed by atoms with Crippen molar-refractivity contribution in [2.45, 2.75) is 27.7 Å². The third-order valence-corrected chi connectivity index (χ3v) is 11.6. The Balaban J connectivity index is 1.37. The third-order valence-electron chi connectivity index (χ3n) is 8.57. The Bertz CT molecular complexity index is 2400. The summed E-state index contributed by atoms with van der Waals surface area (Å²) in [6.45, 7) is 7.82.